The second-order valence-electron chi connectivity index (χ2n) is 6.12. The van der Waals surface area contributed by atoms with Gasteiger partial charge >= 0.3 is 0 Å². The summed E-state index contributed by atoms with van der Waals surface area (Å²) in [7, 11) is 0. The first-order chi connectivity index (χ1) is 12.9. The van der Waals surface area contributed by atoms with E-state index < -0.39 is 11.8 Å². The minimum Gasteiger partial charge on any atom is -0.368 e. The number of benzene rings is 2. The molecule has 2 aromatic carbocycles. The van der Waals surface area contributed by atoms with E-state index in [1.807, 2.05) is 19.1 Å². The molecule has 1 aliphatic heterocycles. The summed E-state index contributed by atoms with van der Waals surface area (Å²) >= 11 is 6.10. The maximum atomic E-state index is 11.8. The van der Waals surface area contributed by atoms with E-state index in [9.17, 15) is 9.59 Å². The number of nitrogen functional groups attached to an aromatic ring is 1. The molecule has 1 aliphatic rings. The molecule has 8 heteroatoms. The van der Waals surface area contributed by atoms with Crippen molar-refractivity contribution in [1.29, 1.82) is 0 Å². The fourth-order valence-corrected chi connectivity index (χ4v) is 3.10. The lowest BCUT2D eigenvalue weighted by molar-refractivity contribution is 0.0879. The van der Waals surface area contributed by atoms with Gasteiger partial charge in [0, 0.05) is 22.3 Å². The van der Waals surface area contributed by atoms with E-state index in [2.05, 4.69) is 20.6 Å². The van der Waals surface area contributed by atoms with Crippen molar-refractivity contribution in [1.82, 2.24) is 15.3 Å². The number of nitrogens with one attached hydrogen (secondary N) is 2. The standard InChI is InChI=1S/C19H14ClN5O2.CH4/c1-9-2-3-10(20)6-13(9)15-8-16(24-19(21)23-15)22-11-4-5-12-14(7-11)18(27)25-17(12)26;/h2-8H,1H3,(H,25,26,27)(H3,21,22,23,24);1H4. The number of hydrogen-bond donors (Lipinski definition) is 3. The summed E-state index contributed by atoms with van der Waals surface area (Å²) in [6.45, 7) is 1.95. The van der Waals surface area contributed by atoms with Crippen molar-refractivity contribution in [2.24, 2.45) is 0 Å². The molecule has 2 heterocycles. The Labute approximate surface area is 167 Å². The molecule has 1 aromatic heterocycles. The molecule has 0 saturated heterocycles. The second kappa shape index (κ2) is 7.28. The summed E-state index contributed by atoms with van der Waals surface area (Å²) in [6.07, 6.45) is 0. The first-order valence-electron chi connectivity index (χ1n) is 8.08. The summed E-state index contributed by atoms with van der Waals surface area (Å²) < 4.78 is 0. The largest absolute Gasteiger partial charge is 0.368 e. The number of aryl methyl sites for hydroxylation is 1. The summed E-state index contributed by atoms with van der Waals surface area (Å²) in [6, 6.07) is 12.1. The number of halogens is 1. The number of aromatic nitrogens is 2. The minimum atomic E-state index is -0.420. The van der Waals surface area contributed by atoms with Gasteiger partial charge in [0.2, 0.25) is 5.95 Å². The molecule has 0 unspecified atom stereocenters. The maximum Gasteiger partial charge on any atom is 0.259 e. The first kappa shape index (κ1) is 19.3. The summed E-state index contributed by atoms with van der Waals surface area (Å²) in [5, 5.41) is 5.95. The predicted molar refractivity (Wildman–Crippen MR) is 110 cm³/mol. The van der Waals surface area contributed by atoms with Crippen LogP contribution in [-0.2, 0) is 0 Å². The number of rotatable bonds is 3. The molecular formula is C20H18ClN5O2. The van der Waals surface area contributed by atoms with Crippen molar-refractivity contribution in [3.05, 3.63) is 64.2 Å². The Hall–Kier alpha value is -3.45. The smallest absolute Gasteiger partial charge is 0.259 e. The van der Waals surface area contributed by atoms with Crippen molar-refractivity contribution in [3.63, 3.8) is 0 Å². The van der Waals surface area contributed by atoms with Crippen molar-refractivity contribution >= 4 is 40.9 Å². The van der Waals surface area contributed by atoms with Crippen LogP contribution in [0, 0.1) is 6.92 Å². The van der Waals surface area contributed by atoms with Crippen LogP contribution in [0.2, 0.25) is 5.02 Å². The Bertz CT molecular complexity index is 1110. The number of hydrogen-bond acceptors (Lipinski definition) is 6. The third-order valence-electron chi connectivity index (χ3n) is 4.23. The first-order valence-corrected chi connectivity index (χ1v) is 8.46. The molecule has 0 bridgehead atoms. The normalized spacial score (nSPS) is 12.2. The van der Waals surface area contributed by atoms with Gasteiger partial charge in [-0.05, 0) is 42.8 Å². The highest BCUT2D eigenvalue weighted by Gasteiger charge is 2.26. The van der Waals surface area contributed by atoms with E-state index in [0.717, 1.165) is 11.1 Å². The number of carbonyl (C=O) groups excluding carboxylic acids is 2. The van der Waals surface area contributed by atoms with E-state index >= 15 is 0 Å². The number of amides is 2. The van der Waals surface area contributed by atoms with E-state index in [0.29, 0.717) is 33.3 Å². The van der Waals surface area contributed by atoms with Gasteiger partial charge in [0.1, 0.15) is 5.82 Å². The second-order valence-corrected chi connectivity index (χ2v) is 6.56. The molecule has 3 aromatic rings. The summed E-state index contributed by atoms with van der Waals surface area (Å²) in [4.78, 5) is 32.0. The number of nitrogens with zero attached hydrogens (tertiary/aromatic N) is 2. The number of nitrogens with two attached hydrogens (primary N) is 1. The van der Waals surface area contributed by atoms with Crippen molar-refractivity contribution in [2.75, 3.05) is 11.1 Å². The number of carbonyl (C=O) groups is 2. The number of fused-ring (bicyclic) bond motifs is 1. The van der Waals surface area contributed by atoms with Crippen LogP contribution in [0.4, 0.5) is 17.5 Å². The van der Waals surface area contributed by atoms with Crippen LogP contribution in [0.1, 0.15) is 33.7 Å². The fraction of sp³-hybridized carbons (Fsp3) is 0.100. The van der Waals surface area contributed by atoms with Crippen LogP contribution in [0.25, 0.3) is 11.3 Å². The minimum absolute atomic E-state index is 0. The Balaban J connectivity index is 0.00000225. The molecule has 2 amide bonds. The Kier molecular flexibility index (Phi) is 5.02. The lowest BCUT2D eigenvalue weighted by Gasteiger charge is -2.11. The van der Waals surface area contributed by atoms with E-state index in [1.54, 1.807) is 30.3 Å². The van der Waals surface area contributed by atoms with Crippen LogP contribution in [0.5, 0.6) is 0 Å². The highest BCUT2D eigenvalue weighted by Crippen LogP contribution is 2.29. The number of anilines is 3. The highest BCUT2D eigenvalue weighted by molar-refractivity contribution is 6.30. The van der Waals surface area contributed by atoms with Gasteiger partial charge in [-0.3, -0.25) is 14.9 Å². The molecule has 0 aliphatic carbocycles. The molecule has 0 atom stereocenters. The van der Waals surface area contributed by atoms with Gasteiger partial charge in [-0.1, -0.05) is 25.1 Å². The topological polar surface area (TPSA) is 110 Å². The Morgan fingerprint density at radius 2 is 1.71 bits per heavy atom. The van der Waals surface area contributed by atoms with Gasteiger partial charge in [0.25, 0.3) is 11.8 Å². The van der Waals surface area contributed by atoms with Crippen LogP contribution in [0.15, 0.2) is 42.5 Å². The molecule has 142 valence electrons. The van der Waals surface area contributed by atoms with Crippen molar-refractivity contribution in [2.45, 2.75) is 14.4 Å². The zero-order valence-electron chi connectivity index (χ0n) is 14.2. The van der Waals surface area contributed by atoms with Crippen molar-refractivity contribution < 1.29 is 9.59 Å². The van der Waals surface area contributed by atoms with Gasteiger partial charge in [-0.15, -0.1) is 0 Å². The van der Waals surface area contributed by atoms with Gasteiger partial charge in [-0.2, -0.15) is 4.98 Å². The molecule has 0 radical (unpaired) electrons. The molecule has 7 nitrogen and oxygen atoms in total. The van der Waals surface area contributed by atoms with E-state index in [1.165, 1.54) is 0 Å². The lowest BCUT2D eigenvalue weighted by Crippen LogP contribution is -2.19. The van der Waals surface area contributed by atoms with Crippen LogP contribution < -0.4 is 16.4 Å². The summed E-state index contributed by atoms with van der Waals surface area (Å²) in [5.41, 5.74) is 9.60. The monoisotopic (exact) mass is 395 g/mol. The van der Waals surface area contributed by atoms with Gasteiger partial charge in [-0.25, -0.2) is 4.98 Å². The molecule has 0 fully saturated rings. The number of imide groups is 1. The quantitative estimate of drug-likeness (QED) is 0.579. The van der Waals surface area contributed by atoms with Crippen LogP contribution >= 0.6 is 11.6 Å². The Morgan fingerprint density at radius 1 is 0.964 bits per heavy atom. The van der Waals surface area contributed by atoms with E-state index in [-0.39, 0.29) is 13.4 Å². The van der Waals surface area contributed by atoms with Gasteiger partial charge in [0.15, 0.2) is 0 Å². The zero-order chi connectivity index (χ0) is 19.1. The zero-order valence-corrected chi connectivity index (χ0v) is 15.0. The van der Waals surface area contributed by atoms with Gasteiger partial charge < -0.3 is 11.1 Å². The maximum absolute atomic E-state index is 11.8. The third-order valence-corrected chi connectivity index (χ3v) is 4.46. The molecule has 0 spiro atoms. The molecule has 0 saturated carbocycles. The summed E-state index contributed by atoms with van der Waals surface area (Å²) in [5.74, 6) is -0.257. The molecular weight excluding hydrogens is 378 g/mol. The third kappa shape index (κ3) is 3.52. The Morgan fingerprint density at radius 3 is 2.50 bits per heavy atom. The van der Waals surface area contributed by atoms with Crippen molar-refractivity contribution in [3.8, 4) is 11.3 Å². The lowest BCUT2D eigenvalue weighted by atomic mass is 10.1. The van der Waals surface area contributed by atoms with E-state index in [4.69, 9.17) is 17.3 Å². The average Bonchev–Trinajstić information content (AvgIpc) is 2.90. The molecule has 28 heavy (non-hydrogen) atoms. The fourth-order valence-electron chi connectivity index (χ4n) is 2.93. The molecule has 4 N–H and O–H groups in total. The average molecular weight is 396 g/mol. The highest BCUT2D eigenvalue weighted by atomic mass is 35.5. The van der Waals surface area contributed by atoms with Gasteiger partial charge in [0.05, 0.1) is 16.8 Å². The molecule has 4 rings (SSSR count). The SMILES string of the molecule is C.Cc1ccc(Cl)cc1-c1cc(Nc2ccc3c(c2)C(=O)NC3=O)nc(N)n1. The van der Waals surface area contributed by atoms with Crippen LogP contribution in [-0.4, -0.2) is 21.8 Å². The van der Waals surface area contributed by atoms with Crippen LogP contribution in [0.3, 0.4) is 0 Å². The predicted octanol–water partition coefficient (Wildman–Crippen LogP) is 3.95.